The number of rotatable bonds is 0. The average Bonchev–Trinajstić information content (AvgIpc) is 2.71. The summed E-state index contributed by atoms with van der Waals surface area (Å²) in [5.74, 6) is 0.627. The lowest BCUT2D eigenvalue weighted by molar-refractivity contribution is 0.792. The van der Waals surface area contributed by atoms with E-state index in [4.69, 9.17) is 0 Å². The third kappa shape index (κ3) is 0.670. The molecule has 2 aliphatic heterocycles. The van der Waals surface area contributed by atoms with Crippen LogP contribution in [0.15, 0.2) is 40.7 Å². The quantitative estimate of drug-likeness (QED) is 0.566. The van der Waals surface area contributed by atoms with Crippen molar-refractivity contribution in [3.63, 3.8) is 0 Å². The first-order valence-corrected chi connectivity index (χ1v) is 4.36. The first kappa shape index (κ1) is 6.23. The molecule has 3 aliphatic rings. The van der Waals surface area contributed by atoms with Gasteiger partial charge in [-0.3, -0.25) is 4.99 Å². The molecule has 0 amide bonds. The van der Waals surface area contributed by atoms with Crippen LogP contribution in [0.4, 0.5) is 0 Å². The number of fused-ring (bicyclic) bond motifs is 2. The van der Waals surface area contributed by atoms with E-state index >= 15 is 0 Å². The van der Waals surface area contributed by atoms with E-state index < -0.39 is 0 Å². The fraction of sp³-hybridized carbons (Fsp3) is 0.300. The molecule has 0 spiro atoms. The molecule has 0 aromatic rings. The van der Waals surface area contributed by atoms with Crippen molar-refractivity contribution in [2.24, 2.45) is 10.9 Å². The minimum atomic E-state index is 0.627. The van der Waals surface area contributed by atoms with Crippen molar-refractivity contribution in [2.45, 2.75) is 6.42 Å². The van der Waals surface area contributed by atoms with E-state index in [0.717, 1.165) is 12.3 Å². The Morgan fingerprint density at radius 2 is 2.42 bits per heavy atom. The van der Waals surface area contributed by atoms with Crippen LogP contribution in [0, 0.1) is 5.92 Å². The van der Waals surface area contributed by atoms with Gasteiger partial charge in [0.15, 0.2) is 0 Å². The summed E-state index contributed by atoms with van der Waals surface area (Å²) in [6.07, 6.45) is 9.60. The van der Waals surface area contributed by atoms with Crippen molar-refractivity contribution in [3.8, 4) is 0 Å². The number of nitrogens with one attached hydrogen (secondary N) is 1. The van der Waals surface area contributed by atoms with Gasteiger partial charge in [0.25, 0.3) is 0 Å². The molecule has 1 fully saturated rings. The van der Waals surface area contributed by atoms with Crippen molar-refractivity contribution in [1.82, 2.24) is 5.32 Å². The summed E-state index contributed by atoms with van der Waals surface area (Å²) < 4.78 is 0. The maximum Gasteiger partial charge on any atom is 0.0717 e. The third-order valence-corrected chi connectivity index (χ3v) is 2.65. The second kappa shape index (κ2) is 2.09. The Morgan fingerprint density at radius 3 is 3.42 bits per heavy atom. The minimum Gasteiger partial charge on any atom is -0.387 e. The molecular formula is C10H10N2. The van der Waals surface area contributed by atoms with Crippen molar-refractivity contribution in [1.29, 1.82) is 0 Å². The van der Waals surface area contributed by atoms with Crippen molar-refractivity contribution in [3.05, 3.63) is 35.7 Å². The summed E-state index contributed by atoms with van der Waals surface area (Å²) in [5, 5.41) is 3.43. The fourth-order valence-electron chi connectivity index (χ4n) is 2.04. The zero-order valence-corrected chi connectivity index (χ0v) is 6.75. The van der Waals surface area contributed by atoms with Gasteiger partial charge in [0.1, 0.15) is 0 Å². The molecule has 1 N–H and O–H groups in total. The largest absolute Gasteiger partial charge is 0.387 e. The van der Waals surface area contributed by atoms with Gasteiger partial charge in [0, 0.05) is 29.9 Å². The Bertz CT molecular complexity index is 345. The highest BCUT2D eigenvalue weighted by Gasteiger charge is 2.26. The van der Waals surface area contributed by atoms with Gasteiger partial charge in [-0.2, -0.15) is 0 Å². The van der Waals surface area contributed by atoms with Crippen molar-refractivity contribution < 1.29 is 0 Å². The Kier molecular flexibility index (Phi) is 1.09. The average molecular weight is 158 g/mol. The molecule has 3 rings (SSSR count). The smallest absolute Gasteiger partial charge is 0.0717 e. The van der Waals surface area contributed by atoms with Gasteiger partial charge < -0.3 is 5.32 Å². The minimum absolute atomic E-state index is 0.627. The monoisotopic (exact) mass is 158 g/mol. The molecule has 60 valence electrons. The van der Waals surface area contributed by atoms with Crippen LogP contribution in [0.5, 0.6) is 0 Å². The van der Waals surface area contributed by atoms with Crippen LogP contribution in [0.3, 0.4) is 0 Å². The summed E-state index contributed by atoms with van der Waals surface area (Å²) in [6.45, 7) is 1.11. The summed E-state index contributed by atoms with van der Waals surface area (Å²) in [6, 6.07) is 0. The molecule has 12 heavy (non-hydrogen) atoms. The molecule has 0 bridgehead atoms. The standard InChI is InChI=1S/C10H10N2/c1-2-9-8(4-6-11-9)10-7(1)3-5-12-10/h1-2,4,6-7,12H,3,5H2. The molecule has 0 saturated carbocycles. The van der Waals surface area contributed by atoms with E-state index in [1.165, 1.54) is 17.7 Å². The molecule has 0 aromatic carbocycles. The molecule has 0 radical (unpaired) electrons. The Hall–Kier alpha value is -1.31. The van der Waals surface area contributed by atoms with Gasteiger partial charge >= 0.3 is 0 Å². The van der Waals surface area contributed by atoms with Crippen LogP contribution in [-0.2, 0) is 0 Å². The molecular weight excluding hydrogens is 148 g/mol. The topological polar surface area (TPSA) is 24.4 Å². The van der Waals surface area contributed by atoms with E-state index in [0.29, 0.717) is 5.92 Å². The lowest BCUT2D eigenvalue weighted by Gasteiger charge is -2.14. The first-order valence-electron chi connectivity index (χ1n) is 4.36. The van der Waals surface area contributed by atoms with Crippen LogP contribution in [0.25, 0.3) is 0 Å². The number of nitrogens with zero attached hydrogens (tertiary/aromatic N) is 1. The number of hydrogen-bond acceptors (Lipinski definition) is 2. The molecule has 1 saturated heterocycles. The second-order valence-corrected chi connectivity index (χ2v) is 3.34. The number of aliphatic imine (C=N–C) groups is 1. The summed E-state index contributed by atoms with van der Waals surface area (Å²) in [7, 11) is 0. The highest BCUT2D eigenvalue weighted by Crippen LogP contribution is 2.30. The van der Waals surface area contributed by atoms with Crippen LogP contribution in [0.2, 0.25) is 0 Å². The Labute approximate surface area is 71.4 Å². The lowest BCUT2D eigenvalue weighted by Crippen LogP contribution is -2.15. The number of allylic oxidation sites excluding steroid dienone is 4. The maximum absolute atomic E-state index is 4.27. The highest BCUT2D eigenvalue weighted by atomic mass is 14.9. The van der Waals surface area contributed by atoms with Crippen LogP contribution in [-0.4, -0.2) is 12.3 Å². The normalized spacial score (nSPS) is 30.0. The zero-order valence-electron chi connectivity index (χ0n) is 6.75. The van der Waals surface area contributed by atoms with Crippen LogP contribution in [0.1, 0.15) is 6.42 Å². The van der Waals surface area contributed by atoms with Gasteiger partial charge in [-0.1, -0.05) is 6.08 Å². The van der Waals surface area contributed by atoms with Crippen LogP contribution < -0.4 is 5.32 Å². The van der Waals surface area contributed by atoms with Gasteiger partial charge in [0.05, 0.1) is 5.71 Å². The highest BCUT2D eigenvalue weighted by molar-refractivity contribution is 6.13. The molecule has 2 heterocycles. The summed E-state index contributed by atoms with van der Waals surface area (Å²) in [4.78, 5) is 4.27. The predicted octanol–water partition coefficient (Wildman–Crippen LogP) is 1.39. The molecule has 2 heteroatoms. The summed E-state index contributed by atoms with van der Waals surface area (Å²) in [5.41, 5.74) is 3.81. The first-order chi connectivity index (χ1) is 5.95. The van der Waals surface area contributed by atoms with Gasteiger partial charge in [-0.25, -0.2) is 0 Å². The lowest BCUT2D eigenvalue weighted by atomic mass is 9.93. The Morgan fingerprint density at radius 1 is 1.42 bits per heavy atom. The third-order valence-electron chi connectivity index (χ3n) is 2.65. The zero-order chi connectivity index (χ0) is 7.97. The molecule has 2 nitrogen and oxygen atoms in total. The van der Waals surface area contributed by atoms with E-state index in [9.17, 15) is 0 Å². The molecule has 1 aliphatic carbocycles. The fourth-order valence-corrected chi connectivity index (χ4v) is 2.04. The van der Waals surface area contributed by atoms with Gasteiger partial charge in [0.2, 0.25) is 0 Å². The van der Waals surface area contributed by atoms with E-state index in [-0.39, 0.29) is 0 Å². The van der Waals surface area contributed by atoms with E-state index in [2.05, 4.69) is 28.5 Å². The SMILES string of the molecule is C1=CC2=C3NCCC3C=CC2=N1. The maximum atomic E-state index is 4.27. The molecule has 0 aromatic heterocycles. The van der Waals surface area contributed by atoms with Crippen molar-refractivity contribution in [2.75, 3.05) is 6.54 Å². The summed E-state index contributed by atoms with van der Waals surface area (Å²) >= 11 is 0. The number of hydrogen-bond donors (Lipinski definition) is 1. The van der Waals surface area contributed by atoms with Gasteiger partial charge in [-0.15, -0.1) is 0 Å². The van der Waals surface area contributed by atoms with Crippen molar-refractivity contribution >= 4 is 5.71 Å². The predicted molar refractivity (Wildman–Crippen MR) is 48.9 cm³/mol. The van der Waals surface area contributed by atoms with Crippen LogP contribution >= 0.6 is 0 Å². The van der Waals surface area contributed by atoms with E-state index in [1.807, 2.05) is 6.20 Å². The van der Waals surface area contributed by atoms with E-state index in [1.54, 1.807) is 0 Å². The second-order valence-electron chi connectivity index (χ2n) is 3.34. The molecule has 1 atom stereocenters. The molecule has 1 unspecified atom stereocenters. The van der Waals surface area contributed by atoms with Gasteiger partial charge in [-0.05, 0) is 18.6 Å². The Balaban J connectivity index is 2.17.